The van der Waals surface area contributed by atoms with Crippen molar-refractivity contribution in [1.82, 2.24) is 20.1 Å². The van der Waals surface area contributed by atoms with Crippen molar-refractivity contribution in [2.75, 3.05) is 12.9 Å². The molecule has 0 fully saturated rings. The first-order chi connectivity index (χ1) is 16.5. The van der Waals surface area contributed by atoms with Crippen LogP contribution in [0.1, 0.15) is 15.9 Å². The Bertz CT molecular complexity index is 1280. The molecule has 0 bridgehead atoms. The first-order valence-electron chi connectivity index (χ1n) is 10.4. The van der Waals surface area contributed by atoms with Crippen molar-refractivity contribution in [2.24, 2.45) is 0 Å². The van der Waals surface area contributed by atoms with Crippen molar-refractivity contribution in [3.05, 3.63) is 95.0 Å². The van der Waals surface area contributed by atoms with Gasteiger partial charge in [0, 0.05) is 16.1 Å². The van der Waals surface area contributed by atoms with E-state index < -0.39 is 11.8 Å². The van der Waals surface area contributed by atoms with E-state index in [1.54, 1.807) is 43.5 Å². The maximum Gasteiger partial charge on any atom is 0.257 e. The lowest BCUT2D eigenvalue weighted by Crippen LogP contribution is -2.31. The minimum absolute atomic E-state index is 0.00936. The SMILES string of the molecule is COc1ccc(C(=O)NC(=O)CSc2nnc(-c3ccc(Cl)cc3)n2Cc2ccccc2)cc1. The van der Waals surface area contributed by atoms with Crippen molar-refractivity contribution in [3.8, 4) is 17.1 Å². The number of rotatable bonds is 8. The Kier molecular flexibility index (Phi) is 7.61. The largest absolute Gasteiger partial charge is 0.497 e. The monoisotopic (exact) mass is 492 g/mol. The van der Waals surface area contributed by atoms with Crippen molar-refractivity contribution >= 4 is 35.2 Å². The van der Waals surface area contributed by atoms with Crippen LogP contribution in [-0.4, -0.2) is 39.4 Å². The summed E-state index contributed by atoms with van der Waals surface area (Å²) in [5.41, 5.74) is 2.30. The Morgan fingerprint density at radius 1 is 0.971 bits per heavy atom. The molecule has 172 valence electrons. The van der Waals surface area contributed by atoms with E-state index in [1.807, 2.05) is 47.0 Å². The van der Waals surface area contributed by atoms with Gasteiger partial charge in [0.25, 0.3) is 5.91 Å². The fourth-order valence-corrected chi connectivity index (χ4v) is 4.09. The van der Waals surface area contributed by atoms with Crippen LogP contribution < -0.4 is 10.1 Å². The smallest absolute Gasteiger partial charge is 0.257 e. The third-order valence-corrected chi connectivity index (χ3v) is 6.16. The van der Waals surface area contributed by atoms with Gasteiger partial charge < -0.3 is 4.74 Å². The van der Waals surface area contributed by atoms with Crippen LogP contribution in [0.25, 0.3) is 11.4 Å². The van der Waals surface area contributed by atoms with Crippen LogP contribution in [0.3, 0.4) is 0 Å². The molecule has 9 heteroatoms. The average molecular weight is 493 g/mol. The van der Waals surface area contributed by atoms with Gasteiger partial charge in [0.2, 0.25) is 5.91 Å². The van der Waals surface area contributed by atoms with Crippen LogP contribution in [0.15, 0.2) is 84.0 Å². The Balaban J connectivity index is 1.48. The molecule has 0 saturated heterocycles. The molecule has 4 aromatic rings. The highest BCUT2D eigenvalue weighted by atomic mass is 35.5. The Morgan fingerprint density at radius 2 is 1.68 bits per heavy atom. The molecule has 2 amide bonds. The van der Waals surface area contributed by atoms with Crippen molar-refractivity contribution in [2.45, 2.75) is 11.7 Å². The van der Waals surface area contributed by atoms with Crippen LogP contribution in [0.4, 0.5) is 0 Å². The van der Waals surface area contributed by atoms with E-state index in [0.29, 0.717) is 33.9 Å². The quantitative estimate of drug-likeness (QED) is 0.359. The van der Waals surface area contributed by atoms with Gasteiger partial charge in [-0.25, -0.2) is 0 Å². The van der Waals surface area contributed by atoms with Crippen LogP contribution in [0.5, 0.6) is 5.75 Å². The van der Waals surface area contributed by atoms with Gasteiger partial charge >= 0.3 is 0 Å². The average Bonchev–Trinajstić information content (AvgIpc) is 3.26. The molecule has 0 aliphatic carbocycles. The molecule has 0 spiro atoms. The van der Waals surface area contributed by atoms with E-state index in [-0.39, 0.29) is 5.75 Å². The predicted octanol–water partition coefficient (Wildman–Crippen LogP) is 4.70. The number of carbonyl (C=O) groups is 2. The third kappa shape index (κ3) is 5.84. The van der Waals surface area contributed by atoms with Gasteiger partial charge in [-0.3, -0.25) is 19.5 Å². The fourth-order valence-electron chi connectivity index (χ4n) is 3.22. The van der Waals surface area contributed by atoms with Crippen molar-refractivity contribution in [1.29, 1.82) is 0 Å². The Morgan fingerprint density at radius 3 is 2.35 bits per heavy atom. The van der Waals surface area contributed by atoms with E-state index in [4.69, 9.17) is 16.3 Å². The lowest BCUT2D eigenvalue weighted by molar-refractivity contribution is -0.117. The molecule has 0 saturated carbocycles. The summed E-state index contributed by atoms with van der Waals surface area (Å²) in [6, 6.07) is 23.8. The molecule has 1 N–H and O–H groups in total. The number of nitrogens with zero attached hydrogens (tertiary/aromatic N) is 3. The number of methoxy groups -OCH3 is 1. The summed E-state index contributed by atoms with van der Waals surface area (Å²) in [4.78, 5) is 24.8. The van der Waals surface area contributed by atoms with Crippen LogP contribution >= 0.6 is 23.4 Å². The van der Waals surface area contributed by atoms with Gasteiger partial charge in [-0.05, 0) is 54.1 Å². The molecule has 7 nitrogen and oxygen atoms in total. The summed E-state index contributed by atoms with van der Waals surface area (Å²) in [5.74, 6) is 0.412. The molecular weight excluding hydrogens is 472 g/mol. The standard InChI is InChI=1S/C25H21ClN4O3S/c1-33-21-13-9-19(10-14-21)24(32)27-22(31)16-34-25-29-28-23(18-7-11-20(26)12-8-18)30(25)15-17-5-3-2-4-6-17/h2-14H,15-16H2,1H3,(H,27,31,32). The number of carbonyl (C=O) groups excluding carboxylic acids is 2. The fraction of sp³-hybridized carbons (Fsp3) is 0.120. The number of amides is 2. The van der Waals surface area contributed by atoms with Crippen LogP contribution in [0, 0.1) is 0 Å². The first kappa shape index (κ1) is 23.5. The Hall–Kier alpha value is -3.62. The zero-order valence-corrected chi connectivity index (χ0v) is 19.8. The minimum atomic E-state index is -0.471. The molecule has 0 aliphatic heterocycles. The number of nitrogens with one attached hydrogen (secondary N) is 1. The molecule has 1 heterocycles. The van der Waals surface area contributed by atoms with Crippen LogP contribution in [-0.2, 0) is 11.3 Å². The molecule has 4 rings (SSSR count). The summed E-state index contributed by atoms with van der Waals surface area (Å²) in [5, 5.41) is 12.3. The first-order valence-corrected chi connectivity index (χ1v) is 11.7. The lowest BCUT2D eigenvalue weighted by atomic mass is 10.2. The summed E-state index contributed by atoms with van der Waals surface area (Å²) >= 11 is 7.25. The van der Waals surface area contributed by atoms with E-state index in [1.165, 1.54) is 11.8 Å². The summed E-state index contributed by atoms with van der Waals surface area (Å²) in [6.07, 6.45) is 0. The number of hydrogen-bond acceptors (Lipinski definition) is 6. The second-order valence-electron chi connectivity index (χ2n) is 7.28. The van der Waals surface area contributed by atoms with E-state index in [2.05, 4.69) is 15.5 Å². The topological polar surface area (TPSA) is 86.1 Å². The second kappa shape index (κ2) is 11.0. The number of benzene rings is 3. The van der Waals surface area contributed by atoms with Crippen molar-refractivity contribution in [3.63, 3.8) is 0 Å². The third-order valence-electron chi connectivity index (χ3n) is 4.94. The normalized spacial score (nSPS) is 10.6. The van der Waals surface area contributed by atoms with E-state index in [9.17, 15) is 9.59 Å². The molecule has 34 heavy (non-hydrogen) atoms. The maximum atomic E-state index is 12.5. The highest BCUT2D eigenvalue weighted by Crippen LogP contribution is 2.26. The molecule has 1 aromatic heterocycles. The highest BCUT2D eigenvalue weighted by molar-refractivity contribution is 7.99. The molecule has 0 radical (unpaired) electrons. The molecule has 3 aromatic carbocycles. The second-order valence-corrected chi connectivity index (χ2v) is 8.66. The maximum absolute atomic E-state index is 12.5. The predicted molar refractivity (Wildman–Crippen MR) is 132 cm³/mol. The lowest BCUT2D eigenvalue weighted by Gasteiger charge is -2.11. The summed E-state index contributed by atoms with van der Waals surface area (Å²) in [6.45, 7) is 0.528. The highest BCUT2D eigenvalue weighted by Gasteiger charge is 2.17. The van der Waals surface area contributed by atoms with E-state index >= 15 is 0 Å². The number of imide groups is 1. The van der Waals surface area contributed by atoms with Crippen LogP contribution in [0.2, 0.25) is 5.02 Å². The number of aromatic nitrogens is 3. The molecule has 0 aliphatic rings. The number of ether oxygens (including phenoxy) is 1. The van der Waals surface area contributed by atoms with E-state index in [0.717, 1.165) is 11.1 Å². The zero-order chi connectivity index (χ0) is 23.9. The summed E-state index contributed by atoms with van der Waals surface area (Å²) in [7, 11) is 1.55. The number of thioether (sulfide) groups is 1. The molecule has 0 atom stereocenters. The summed E-state index contributed by atoms with van der Waals surface area (Å²) < 4.78 is 7.03. The minimum Gasteiger partial charge on any atom is -0.497 e. The van der Waals surface area contributed by atoms with Crippen molar-refractivity contribution < 1.29 is 14.3 Å². The zero-order valence-electron chi connectivity index (χ0n) is 18.3. The van der Waals surface area contributed by atoms with Gasteiger partial charge in [-0.15, -0.1) is 10.2 Å². The van der Waals surface area contributed by atoms with Gasteiger partial charge in [0.05, 0.1) is 19.4 Å². The van der Waals surface area contributed by atoms with Gasteiger partial charge in [0.15, 0.2) is 11.0 Å². The molecule has 0 unspecified atom stereocenters. The number of halogens is 1. The van der Waals surface area contributed by atoms with Gasteiger partial charge in [-0.2, -0.15) is 0 Å². The molecular formula is C25H21ClN4O3S. The Labute approximate surface area is 206 Å². The van der Waals surface area contributed by atoms with Gasteiger partial charge in [-0.1, -0.05) is 53.7 Å². The van der Waals surface area contributed by atoms with Gasteiger partial charge in [0.1, 0.15) is 5.75 Å². The number of hydrogen-bond donors (Lipinski definition) is 1.